The van der Waals surface area contributed by atoms with E-state index in [1.54, 1.807) is 6.92 Å². The lowest BCUT2D eigenvalue weighted by Crippen LogP contribution is -2.50. The zero-order valence-corrected chi connectivity index (χ0v) is 12.1. The van der Waals surface area contributed by atoms with Gasteiger partial charge in [0.15, 0.2) is 0 Å². The van der Waals surface area contributed by atoms with Gasteiger partial charge in [-0.05, 0) is 38.5 Å². The predicted molar refractivity (Wildman–Crippen MR) is 72.0 cm³/mol. The van der Waals surface area contributed by atoms with Crippen LogP contribution in [-0.4, -0.2) is 37.2 Å². The van der Waals surface area contributed by atoms with Crippen molar-refractivity contribution in [2.75, 3.05) is 19.8 Å². The number of ether oxygens (including phenoxy) is 2. The highest BCUT2D eigenvalue weighted by atomic mass is 16.5. The summed E-state index contributed by atoms with van der Waals surface area (Å²) in [6.45, 7) is 3.70. The van der Waals surface area contributed by atoms with Crippen LogP contribution in [0.1, 0.15) is 45.4 Å². The van der Waals surface area contributed by atoms with Gasteiger partial charge in [0.25, 0.3) is 0 Å². The summed E-state index contributed by atoms with van der Waals surface area (Å²) >= 11 is 0. The Balaban J connectivity index is 1.44. The minimum absolute atomic E-state index is 0.0561. The van der Waals surface area contributed by atoms with E-state index >= 15 is 0 Å². The standard InChI is InChI=1S/C15H23NO4/c1-2-19-13(18)5-4-12(17)16-10-14-8-11(14)9-20-15(14)6-3-7-15/h11H,2-10H2,1H3,(H,16,17). The maximum Gasteiger partial charge on any atom is 0.306 e. The summed E-state index contributed by atoms with van der Waals surface area (Å²) in [5, 5.41) is 3.00. The molecule has 0 aromatic rings. The molecule has 2 aliphatic carbocycles. The van der Waals surface area contributed by atoms with Crippen molar-refractivity contribution in [3.05, 3.63) is 0 Å². The van der Waals surface area contributed by atoms with Gasteiger partial charge in [0.2, 0.25) is 5.91 Å². The van der Waals surface area contributed by atoms with Crippen LogP contribution in [0, 0.1) is 11.3 Å². The summed E-state index contributed by atoms with van der Waals surface area (Å²) in [5.41, 5.74) is 0.261. The Hall–Kier alpha value is -1.10. The Morgan fingerprint density at radius 3 is 2.75 bits per heavy atom. The van der Waals surface area contributed by atoms with Gasteiger partial charge in [-0.2, -0.15) is 0 Å². The second kappa shape index (κ2) is 5.02. The first-order valence-corrected chi connectivity index (χ1v) is 7.68. The van der Waals surface area contributed by atoms with E-state index in [0.29, 0.717) is 19.1 Å². The Morgan fingerprint density at radius 2 is 2.15 bits per heavy atom. The topological polar surface area (TPSA) is 64.6 Å². The second-order valence-electron chi connectivity index (χ2n) is 6.30. The van der Waals surface area contributed by atoms with E-state index in [9.17, 15) is 9.59 Å². The Labute approximate surface area is 119 Å². The molecule has 3 fully saturated rings. The molecular formula is C15H23NO4. The van der Waals surface area contributed by atoms with E-state index in [2.05, 4.69) is 5.32 Å². The van der Waals surface area contributed by atoms with Gasteiger partial charge in [-0.3, -0.25) is 9.59 Å². The van der Waals surface area contributed by atoms with Crippen molar-refractivity contribution in [2.45, 2.75) is 51.0 Å². The summed E-state index contributed by atoms with van der Waals surface area (Å²) in [6, 6.07) is 0. The lowest BCUT2D eigenvalue weighted by Gasteiger charge is -2.45. The zero-order chi connectivity index (χ0) is 14.2. The van der Waals surface area contributed by atoms with E-state index in [0.717, 1.165) is 19.4 Å². The van der Waals surface area contributed by atoms with Crippen molar-refractivity contribution < 1.29 is 19.1 Å². The molecule has 1 N–H and O–H groups in total. The summed E-state index contributed by atoms with van der Waals surface area (Å²) in [4.78, 5) is 23.0. The summed E-state index contributed by atoms with van der Waals surface area (Å²) < 4.78 is 10.8. The minimum atomic E-state index is -0.301. The molecular weight excluding hydrogens is 258 g/mol. The van der Waals surface area contributed by atoms with Gasteiger partial charge in [0.1, 0.15) is 0 Å². The number of hydrogen-bond acceptors (Lipinski definition) is 4. The van der Waals surface area contributed by atoms with Crippen molar-refractivity contribution in [3.63, 3.8) is 0 Å². The number of nitrogens with one attached hydrogen (secondary N) is 1. The smallest absolute Gasteiger partial charge is 0.306 e. The molecule has 3 aliphatic rings. The SMILES string of the molecule is CCOC(=O)CCC(=O)NCC12CC1COC21CCC1. The van der Waals surface area contributed by atoms with Crippen LogP contribution in [0.25, 0.3) is 0 Å². The van der Waals surface area contributed by atoms with Crippen LogP contribution in [-0.2, 0) is 19.1 Å². The first kappa shape index (κ1) is 13.9. The number of rotatable bonds is 6. The van der Waals surface area contributed by atoms with Crippen LogP contribution in [0.3, 0.4) is 0 Å². The van der Waals surface area contributed by atoms with Gasteiger partial charge < -0.3 is 14.8 Å². The highest BCUT2D eigenvalue weighted by Crippen LogP contribution is 2.70. The molecule has 5 heteroatoms. The molecule has 2 unspecified atom stereocenters. The maximum absolute atomic E-state index is 11.8. The van der Waals surface area contributed by atoms with Gasteiger partial charge >= 0.3 is 5.97 Å². The van der Waals surface area contributed by atoms with E-state index in [4.69, 9.17) is 9.47 Å². The third kappa shape index (κ3) is 2.12. The number of hydrogen-bond donors (Lipinski definition) is 1. The fourth-order valence-electron chi connectivity index (χ4n) is 3.87. The van der Waals surface area contributed by atoms with Gasteiger partial charge in [-0.25, -0.2) is 0 Å². The first-order valence-electron chi connectivity index (χ1n) is 7.68. The number of fused-ring (bicyclic) bond motifs is 2. The third-order valence-corrected chi connectivity index (χ3v) is 5.32. The largest absolute Gasteiger partial charge is 0.466 e. The van der Waals surface area contributed by atoms with Crippen molar-refractivity contribution in [2.24, 2.45) is 11.3 Å². The van der Waals surface area contributed by atoms with Crippen molar-refractivity contribution >= 4 is 11.9 Å². The molecule has 1 heterocycles. The predicted octanol–water partition coefficient (Wildman–Crippen LogP) is 1.41. The lowest BCUT2D eigenvalue weighted by molar-refractivity contribution is -0.144. The minimum Gasteiger partial charge on any atom is -0.466 e. The van der Waals surface area contributed by atoms with Crippen molar-refractivity contribution in [3.8, 4) is 0 Å². The molecule has 0 aromatic heterocycles. The van der Waals surface area contributed by atoms with E-state index in [1.165, 1.54) is 12.8 Å². The Kier molecular flexibility index (Phi) is 3.48. The Morgan fingerprint density at radius 1 is 1.35 bits per heavy atom. The average Bonchev–Trinajstić information content (AvgIpc) is 3.00. The van der Waals surface area contributed by atoms with Crippen LogP contribution >= 0.6 is 0 Å². The molecule has 0 bridgehead atoms. The number of carbonyl (C=O) groups excluding carboxylic acids is 2. The molecule has 1 amide bonds. The molecule has 1 spiro atoms. The van der Waals surface area contributed by atoms with Gasteiger partial charge in [-0.1, -0.05) is 0 Å². The quantitative estimate of drug-likeness (QED) is 0.748. The number of carbonyl (C=O) groups is 2. The fourth-order valence-corrected chi connectivity index (χ4v) is 3.87. The van der Waals surface area contributed by atoms with Crippen LogP contribution in [0.5, 0.6) is 0 Å². The van der Waals surface area contributed by atoms with Crippen molar-refractivity contribution in [1.82, 2.24) is 5.32 Å². The van der Waals surface area contributed by atoms with Gasteiger partial charge in [0.05, 0.1) is 25.2 Å². The summed E-state index contributed by atoms with van der Waals surface area (Å²) in [5.74, 6) is 0.275. The van der Waals surface area contributed by atoms with Crippen molar-refractivity contribution in [1.29, 1.82) is 0 Å². The van der Waals surface area contributed by atoms with E-state index < -0.39 is 0 Å². The maximum atomic E-state index is 11.8. The highest BCUT2D eigenvalue weighted by Gasteiger charge is 2.73. The third-order valence-electron chi connectivity index (χ3n) is 5.32. The molecule has 0 aromatic carbocycles. The van der Waals surface area contributed by atoms with Crippen LogP contribution in [0.4, 0.5) is 0 Å². The molecule has 1 saturated heterocycles. The highest BCUT2D eigenvalue weighted by molar-refractivity contribution is 5.81. The van der Waals surface area contributed by atoms with Gasteiger partial charge in [0, 0.05) is 18.4 Å². The lowest BCUT2D eigenvalue weighted by atomic mass is 9.68. The number of esters is 1. The molecule has 1 aliphatic heterocycles. The second-order valence-corrected chi connectivity index (χ2v) is 6.30. The molecule has 5 nitrogen and oxygen atoms in total. The molecule has 2 atom stereocenters. The number of amides is 1. The molecule has 2 saturated carbocycles. The summed E-state index contributed by atoms with van der Waals surface area (Å²) in [7, 11) is 0. The molecule has 20 heavy (non-hydrogen) atoms. The first-order chi connectivity index (χ1) is 9.62. The Bertz CT molecular complexity index is 418. The van der Waals surface area contributed by atoms with Crippen LogP contribution in [0.2, 0.25) is 0 Å². The van der Waals surface area contributed by atoms with Crippen LogP contribution in [0.15, 0.2) is 0 Å². The molecule has 3 rings (SSSR count). The average molecular weight is 281 g/mol. The zero-order valence-electron chi connectivity index (χ0n) is 12.1. The van der Waals surface area contributed by atoms with E-state index in [-0.39, 0.29) is 35.7 Å². The summed E-state index contributed by atoms with van der Waals surface area (Å²) in [6.07, 6.45) is 5.09. The fraction of sp³-hybridized carbons (Fsp3) is 0.867. The molecule has 0 radical (unpaired) electrons. The monoisotopic (exact) mass is 281 g/mol. The normalized spacial score (nSPS) is 32.4. The molecule has 112 valence electrons. The van der Waals surface area contributed by atoms with Gasteiger partial charge in [-0.15, -0.1) is 0 Å². The van der Waals surface area contributed by atoms with Crippen LogP contribution < -0.4 is 5.32 Å². The van der Waals surface area contributed by atoms with E-state index in [1.807, 2.05) is 0 Å².